The molecular weight excluding hydrogens is 332 g/mol. The summed E-state index contributed by atoms with van der Waals surface area (Å²) in [6.07, 6.45) is 0.191. The van der Waals surface area contributed by atoms with Gasteiger partial charge in [0.05, 0.1) is 29.6 Å². The second-order valence-corrected chi connectivity index (χ2v) is 6.22. The van der Waals surface area contributed by atoms with E-state index in [-0.39, 0.29) is 18.2 Å². The number of aryl methyl sites for hydroxylation is 2. The number of para-hydroxylation sites is 1. The standard InChI is InChI=1S/C19H22N4O3/c1-4-26-19-20-12(2)17(13(3)21-19)22-18(25)14-10-16(24)23(11-14)15-8-6-5-7-9-15/h5-9,14H,4,10-11H2,1-3H3,(H,22,25). The van der Waals surface area contributed by atoms with E-state index in [0.717, 1.165) is 5.69 Å². The molecule has 1 saturated heterocycles. The number of rotatable bonds is 5. The SMILES string of the molecule is CCOc1nc(C)c(NC(=O)C2CC(=O)N(c3ccccc3)C2)c(C)n1. The van der Waals surface area contributed by atoms with Crippen LogP contribution in [0.15, 0.2) is 30.3 Å². The Morgan fingerprint density at radius 3 is 2.50 bits per heavy atom. The van der Waals surface area contributed by atoms with Gasteiger partial charge in [0.1, 0.15) is 0 Å². The van der Waals surface area contributed by atoms with Crippen LogP contribution in [0.3, 0.4) is 0 Å². The summed E-state index contributed by atoms with van der Waals surface area (Å²) in [6, 6.07) is 9.68. The third-order valence-corrected chi connectivity index (χ3v) is 4.34. The number of ether oxygens (including phenoxy) is 1. The van der Waals surface area contributed by atoms with Crippen molar-refractivity contribution in [1.29, 1.82) is 0 Å². The number of hydrogen-bond donors (Lipinski definition) is 1. The quantitative estimate of drug-likeness (QED) is 0.892. The first-order chi connectivity index (χ1) is 12.5. The Balaban J connectivity index is 1.72. The summed E-state index contributed by atoms with van der Waals surface area (Å²) in [5.74, 6) is -0.656. The molecule has 1 aliphatic heterocycles. The monoisotopic (exact) mass is 354 g/mol. The maximum atomic E-state index is 12.7. The Morgan fingerprint density at radius 1 is 1.23 bits per heavy atom. The van der Waals surface area contributed by atoms with E-state index in [0.29, 0.717) is 36.2 Å². The van der Waals surface area contributed by atoms with Crippen molar-refractivity contribution >= 4 is 23.2 Å². The average molecular weight is 354 g/mol. The number of nitrogens with one attached hydrogen (secondary N) is 1. The summed E-state index contributed by atoms with van der Waals surface area (Å²) in [5, 5.41) is 2.88. The smallest absolute Gasteiger partial charge is 0.316 e. The third-order valence-electron chi connectivity index (χ3n) is 4.34. The predicted molar refractivity (Wildman–Crippen MR) is 98.2 cm³/mol. The van der Waals surface area contributed by atoms with Gasteiger partial charge in [-0.25, -0.2) is 0 Å². The molecule has 1 aromatic carbocycles. The molecule has 3 rings (SSSR count). The predicted octanol–water partition coefficient (Wildman–Crippen LogP) is 2.48. The van der Waals surface area contributed by atoms with Crippen LogP contribution < -0.4 is 15.0 Å². The van der Waals surface area contributed by atoms with Crippen molar-refractivity contribution in [2.75, 3.05) is 23.4 Å². The fourth-order valence-corrected chi connectivity index (χ4v) is 3.03. The van der Waals surface area contributed by atoms with Crippen molar-refractivity contribution in [3.8, 4) is 6.01 Å². The van der Waals surface area contributed by atoms with Crippen LogP contribution in [0.5, 0.6) is 6.01 Å². The minimum Gasteiger partial charge on any atom is -0.464 e. The average Bonchev–Trinajstić information content (AvgIpc) is 3.01. The van der Waals surface area contributed by atoms with Gasteiger partial charge in [0, 0.05) is 18.7 Å². The summed E-state index contributed by atoms with van der Waals surface area (Å²) >= 11 is 0. The molecule has 0 spiro atoms. The lowest BCUT2D eigenvalue weighted by molar-refractivity contribution is -0.122. The first-order valence-corrected chi connectivity index (χ1v) is 8.64. The van der Waals surface area contributed by atoms with Gasteiger partial charge in [-0.3, -0.25) is 9.59 Å². The van der Waals surface area contributed by atoms with Crippen molar-refractivity contribution in [2.24, 2.45) is 5.92 Å². The van der Waals surface area contributed by atoms with Crippen molar-refractivity contribution in [1.82, 2.24) is 9.97 Å². The highest BCUT2D eigenvalue weighted by Gasteiger charge is 2.35. The zero-order chi connectivity index (χ0) is 18.7. The molecular formula is C19H22N4O3. The number of anilines is 2. The van der Waals surface area contributed by atoms with Crippen molar-refractivity contribution in [3.63, 3.8) is 0 Å². The molecule has 1 atom stereocenters. The number of aromatic nitrogens is 2. The summed E-state index contributed by atoms with van der Waals surface area (Å²) in [6.45, 7) is 6.29. The number of carbonyl (C=O) groups is 2. The van der Waals surface area contributed by atoms with E-state index < -0.39 is 5.92 Å². The Bertz CT molecular complexity index is 800. The molecule has 1 fully saturated rings. The van der Waals surface area contributed by atoms with Crippen LogP contribution in [0.1, 0.15) is 24.7 Å². The minimum absolute atomic E-state index is 0.0484. The Hall–Kier alpha value is -2.96. The lowest BCUT2D eigenvalue weighted by atomic mass is 10.1. The summed E-state index contributed by atoms with van der Waals surface area (Å²) in [5.41, 5.74) is 2.66. The summed E-state index contributed by atoms with van der Waals surface area (Å²) < 4.78 is 5.32. The molecule has 0 radical (unpaired) electrons. The molecule has 1 N–H and O–H groups in total. The number of benzene rings is 1. The molecule has 26 heavy (non-hydrogen) atoms. The highest BCUT2D eigenvalue weighted by atomic mass is 16.5. The van der Waals surface area contributed by atoms with Crippen LogP contribution in [0.4, 0.5) is 11.4 Å². The Labute approximate surface area is 152 Å². The fraction of sp³-hybridized carbons (Fsp3) is 0.368. The molecule has 1 aliphatic rings. The van der Waals surface area contributed by atoms with E-state index >= 15 is 0 Å². The molecule has 2 aromatic rings. The van der Waals surface area contributed by atoms with Crippen molar-refractivity contribution in [2.45, 2.75) is 27.2 Å². The molecule has 0 aliphatic carbocycles. The fourth-order valence-electron chi connectivity index (χ4n) is 3.03. The van der Waals surface area contributed by atoms with Gasteiger partial charge in [-0.05, 0) is 32.9 Å². The van der Waals surface area contributed by atoms with Gasteiger partial charge < -0.3 is 15.0 Å². The van der Waals surface area contributed by atoms with E-state index in [1.54, 1.807) is 18.7 Å². The number of nitrogens with zero attached hydrogens (tertiary/aromatic N) is 3. The van der Waals surface area contributed by atoms with Crippen LogP contribution in [0.2, 0.25) is 0 Å². The lowest BCUT2D eigenvalue weighted by Gasteiger charge is -2.17. The molecule has 7 nitrogen and oxygen atoms in total. The molecule has 2 amide bonds. The third kappa shape index (κ3) is 3.66. The maximum absolute atomic E-state index is 12.7. The first kappa shape index (κ1) is 17.8. The second-order valence-electron chi connectivity index (χ2n) is 6.22. The molecule has 2 heterocycles. The van der Waals surface area contributed by atoms with Crippen molar-refractivity contribution in [3.05, 3.63) is 41.7 Å². The van der Waals surface area contributed by atoms with Crippen LogP contribution in [0, 0.1) is 19.8 Å². The first-order valence-electron chi connectivity index (χ1n) is 8.64. The van der Waals surface area contributed by atoms with Gasteiger partial charge in [-0.2, -0.15) is 9.97 Å². The number of carbonyl (C=O) groups excluding carboxylic acids is 2. The Kier molecular flexibility index (Phi) is 5.16. The summed E-state index contributed by atoms with van der Waals surface area (Å²) in [7, 11) is 0. The molecule has 7 heteroatoms. The van der Waals surface area contributed by atoms with Gasteiger partial charge >= 0.3 is 6.01 Å². The topological polar surface area (TPSA) is 84.4 Å². The molecule has 1 unspecified atom stereocenters. The maximum Gasteiger partial charge on any atom is 0.316 e. The minimum atomic E-state index is -0.409. The van der Waals surface area contributed by atoms with Gasteiger partial charge in [-0.1, -0.05) is 18.2 Å². The zero-order valence-electron chi connectivity index (χ0n) is 15.2. The number of hydrogen-bond acceptors (Lipinski definition) is 5. The second kappa shape index (κ2) is 7.51. The largest absolute Gasteiger partial charge is 0.464 e. The normalized spacial score (nSPS) is 16.7. The molecule has 1 aromatic heterocycles. The van der Waals surface area contributed by atoms with Crippen LogP contribution in [-0.4, -0.2) is 34.9 Å². The van der Waals surface area contributed by atoms with E-state index in [1.165, 1.54) is 0 Å². The van der Waals surface area contributed by atoms with Crippen LogP contribution >= 0.6 is 0 Å². The number of amides is 2. The Morgan fingerprint density at radius 2 is 1.88 bits per heavy atom. The zero-order valence-corrected chi connectivity index (χ0v) is 15.2. The molecule has 0 bridgehead atoms. The van der Waals surface area contributed by atoms with Gasteiger partial charge in [-0.15, -0.1) is 0 Å². The van der Waals surface area contributed by atoms with Crippen LogP contribution in [0.25, 0.3) is 0 Å². The lowest BCUT2D eigenvalue weighted by Crippen LogP contribution is -2.28. The molecule has 136 valence electrons. The van der Waals surface area contributed by atoms with E-state index in [4.69, 9.17) is 4.74 Å². The van der Waals surface area contributed by atoms with Gasteiger partial charge in [0.25, 0.3) is 0 Å². The van der Waals surface area contributed by atoms with Gasteiger partial charge in [0.2, 0.25) is 11.8 Å². The highest BCUT2D eigenvalue weighted by molar-refractivity contribution is 6.03. The summed E-state index contributed by atoms with van der Waals surface area (Å²) in [4.78, 5) is 35.1. The van der Waals surface area contributed by atoms with Crippen LogP contribution in [-0.2, 0) is 9.59 Å². The molecule has 0 saturated carbocycles. The van der Waals surface area contributed by atoms with E-state index in [9.17, 15) is 9.59 Å². The van der Waals surface area contributed by atoms with Gasteiger partial charge in [0.15, 0.2) is 0 Å². The highest BCUT2D eigenvalue weighted by Crippen LogP contribution is 2.27. The van der Waals surface area contributed by atoms with E-state index in [2.05, 4.69) is 15.3 Å². The van der Waals surface area contributed by atoms with E-state index in [1.807, 2.05) is 37.3 Å². The van der Waals surface area contributed by atoms with Crippen molar-refractivity contribution < 1.29 is 14.3 Å².